The van der Waals surface area contributed by atoms with E-state index in [4.69, 9.17) is 4.74 Å². The molecule has 2 atom stereocenters. The van der Waals surface area contributed by atoms with Gasteiger partial charge in [0.2, 0.25) is 5.91 Å². The number of ether oxygens (including phenoxy) is 1. The summed E-state index contributed by atoms with van der Waals surface area (Å²) in [5, 5.41) is 0. The van der Waals surface area contributed by atoms with Gasteiger partial charge >= 0.3 is 6.09 Å². The van der Waals surface area contributed by atoms with Crippen LogP contribution in [0.4, 0.5) is 9.18 Å². The number of carbonyl (C=O) groups excluding carboxylic acids is 2. The quantitative estimate of drug-likeness (QED) is 0.646. The van der Waals surface area contributed by atoms with Crippen LogP contribution in [0.3, 0.4) is 0 Å². The summed E-state index contributed by atoms with van der Waals surface area (Å²) in [6.45, 7) is 10.2. The molecular formula is C25H37FN2O3. The SMILES string of the molecule is CC1(C)CCC(N(Cc2ccccc2)C(=O)[C@@H]2C[C@H](F)CN2C(=O)OC(C)(C)C)CC1. The average molecular weight is 433 g/mol. The topological polar surface area (TPSA) is 49.9 Å². The zero-order valence-corrected chi connectivity index (χ0v) is 19.6. The highest BCUT2D eigenvalue weighted by Gasteiger charge is 2.45. The molecule has 1 aliphatic carbocycles. The molecule has 2 fully saturated rings. The Labute approximate surface area is 185 Å². The molecule has 1 aromatic rings. The van der Waals surface area contributed by atoms with E-state index in [1.54, 1.807) is 20.8 Å². The van der Waals surface area contributed by atoms with Gasteiger partial charge in [0.1, 0.15) is 17.8 Å². The Kier molecular flexibility index (Phi) is 6.97. The third-order valence-electron chi connectivity index (χ3n) is 6.39. The van der Waals surface area contributed by atoms with Crippen molar-refractivity contribution in [3.63, 3.8) is 0 Å². The first-order valence-corrected chi connectivity index (χ1v) is 11.4. The number of benzene rings is 1. The zero-order valence-electron chi connectivity index (χ0n) is 19.6. The van der Waals surface area contributed by atoms with Crippen molar-refractivity contribution in [1.82, 2.24) is 9.80 Å². The predicted octanol–water partition coefficient (Wildman–Crippen LogP) is 5.33. The molecule has 1 saturated carbocycles. The first-order valence-electron chi connectivity index (χ1n) is 11.4. The molecule has 6 heteroatoms. The largest absolute Gasteiger partial charge is 0.444 e. The summed E-state index contributed by atoms with van der Waals surface area (Å²) in [6, 6.07) is 9.16. The van der Waals surface area contributed by atoms with Crippen LogP contribution in [0.5, 0.6) is 0 Å². The summed E-state index contributed by atoms with van der Waals surface area (Å²) < 4.78 is 19.9. The highest BCUT2D eigenvalue weighted by molar-refractivity contribution is 5.86. The van der Waals surface area contributed by atoms with Gasteiger partial charge in [-0.15, -0.1) is 0 Å². The fraction of sp³-hybridized carbons (Fsp3) is 0.680. The zero-order chi connectivity index (χ0) is 22.8. The van der Waals surface area contributed by atoms with Crippen molar-refractivity contribution in [1.29, 1.82) is 0 Å². The Morgan fingerprint density at radius 3 is 2.35 bits per heavy atom. The predicted molar refractivity (Wildman–Crippen MR) is 119 cm³/mol. The lowest BCUT2D eigenvalue weighted by Crippen LogP contribution is -2.52. The molecule has 2 aliphatic rings. The second-order valence-corrected chi connectivity index (χ2v) is 10.8. The van der Waals surface area contributed by atoms with Crippen molar-refractivity contribution in [2.24, 2.45) is 5.41 Å². The molecule has 172 valence electrons. The van der Waals surface area contributed by atoms with Crippen LogP contribution >= 0.6 is 0 Å². The number of carbonyl (C=O) groups is 2. The summed E-state index contributed by atoms with van der Waals surface area (Å²) in [7, 11) is 0. The number of hydrogen-bond acceptors (Lipinski definition) is 3. The van der Waals surface area contributed by atoms with Crippen molar-refractivity contribution in [3.8, 4) is 0 Å². The van der Waals surface area contributed by atoms with Gasteiger partial charge in [0, 0.05) is 19.0 Å². The number of nitrogens with zero attached hydrogens (tertiary/aromatic N) is 2. The lowest BCUT2D eigenvalue weighted by atomic mass is 9.75. The van der Waals surface area contributed by atoms with Crippen LogP contribution in [0, 0.1) is 5.41 Å². The van der Waals surface area contributed by atoms with E-state index in [0.29, 0.717) is 6.54 Å². The molecule has 1 saturated heterocycles. The molecule has 3 rings (SSSR count). The lowest BCUT2D eigenvalue weighted by molar-refractivity contribution is -0.140. The minimum Gasteiger partial charge on any atom is -0.444 e. The molecule has 5 nitrogen and oxygen atoms in total. The maximum absolute atomic E-state index is 14.4. The monoisotopic (exact) mass is 432 g/mol. The summed E-state index contributed by atoms with van der Waals surface area (Å²) in [5.41, 5.74) is 0.620. The molecule has 0 spiro atoms. The van der Waals surface area contributed by atoms with Gasteiger partial charge in [0.05, 0.1) is 6.54 Å². The molecule has 31 heavy (non-hydrogen) atoms. The van der Waals surface area contributed by atoms with Crippen LogP contribution in [-0.2, 0) is 16.1 Å². The van der Waals surface area contributed by atoms with Gasteiger partial charge in [-0.1, -0.05) is 44.2 Å². The second-order valence-electron chi connectivity index (χ2n) is 10.8. The number of likely N-dealkylation sites (tertiary alicyclic amines) is 1. The van der Waals surface area contributed by atoms with Gasteiger partial charge in [-0.2, -0.15) is 0 Å². The molecule has 1 aromatic carbocycles. The van der Waals surface area contributed by atoms with Crippen molar-refractivity contribution in [2.45, 2.75) is 97.1 Å². The van der Waals surface area contributed by atoms with Crippen LogP contribution < -0.4 is 0 Å². The third-order valence-corrected chi connectivity index (χ3v) is 6.39. The van der Waals surface area contributed by atoms with Gasteiger partial charge in [0.25, 0.3) is 0 Å². The van der Waals surface area contributed by atoms with Crippen LogP contribution in [-0.4, -0.2) is 52.2 Å². The molecule has 0 aromatic heterocycles. The summed E-state index contributed by atoms with van der Waals surface area (Å²) in [6.07, 6.45) is 2.13. The number of alkyl halides is 1. The number of hydrogen-bond donors (Lipinski definition) is 0. The van der Waals surface area contributed by atoms with Crippen LogP contribution in [0.15, 0.2) is 30.3 Å². The average Bonchev–Trinajstić information content (AvgIpc) is 3.07. The van der Waals surface area contributed by atoms with Gasteiger partial charge in [-0.05, 0) is 57.4 Å². The fourth-order valence-corrected chi connectivity index (χ4v) is 4.60. The molecule has 0 radical (unpaired) electrons. The molecule has 0 bridgehead atoms. The van der Waals surface area contributed by atoms with E-state index in [-0.39, 0.29) is 30.3 Å². The van der Waals surface area contributed by atoms with E-state index in [1.165, 1.54) is 4.90 Å². The maximum atomic E-state index is 14.4. The Bertz CT molecular complexity index is 765. The Balaban J connectivity index is 1.83. The van der Waals surface area contributed by atoms with Crippen LogP contribution in [0.2, 0.25) is 0 Å². The molecule has 0 unspecified atom stereocenters. The van der Waals surface area contributed by atoms with E-state index < -0.39 is 23.9 Å². The fourth-order valence-electron chi connectivity index (χ4n) is 4.60. The van der Waals surface area contributed by atoms with Crippen LogP contribution in [0.25, 0.3) is 0 Å². The summed E-state index contributed by atoms with van der Waals surface area (Å²) in [4.78, 5) is 29.7. The van der Waals surface area contributed by atoms with Gasteiger partial charge < -0.3 is 9.64 Å². The van der Waals surface area contributed by atoms with E-state index in [9.17, 15) is 14.0 Å². The molecule has 2 amide bonds. The molecular weight excluding hydrogens is 395 g/mol. The lowest BCUT2D eigenvalue weighted by Gasteiger charge is -2.42. The second kappa shape index (κ2) is 9.17. The van der Waals surface area contributed by atoms with Crippen molar-refractivity contribution in [3.05, 3.63) is 35.9 Å². The van der Waals surface area contributed by atoms with Crippen molar-refractivity contribution < 1.29 is 18.7 Å². The first-order chi connectivity index (χ1) is 14.5. The summed E-state index contributed by atoms with van der Waals surface area (Å²) >= 11 is 0. The summed E-state index contributed by atoms with van der Waals surface area (Å²) in [5.74, 6) is -0.167. The Morgan fingerprint density at radius 1 is 1.16 bits per heavy atom. The maximum Gasteiger partial charge on any atom is 0.411 e. The highest BCUT2D eigenvalue weighted by atomic mass is 19.1. The molecule has 1 heterocycles. The number of halogens is 1. The smallest absolute Gasteiger partial charge is 0.411 e. The van der Waals surface area contributed by atoms with Gasteiger partial charge in [0.15, 0.2) is 0 Å². The number of rotatable bonds is 4. The van der Waals surface area contributed by atoms with E-state index >= 15 is 0 Å². The van der Waals surface area contributed by atoms with Crippen molar-refractivity contribution in [2.75, 3.05) is 6.54 Å². The van der Waals surface area contributed by atoms with Crippen LogP contribution in [0.1, 0.15) is 72.3 Å². The van der Waals surface area contributed by atoms with Crippen molar-refractivity contribution >= 4 is 12.0 Å². The Hall–Kier alpha value is -2.11. The van der Waals surface area contributed by atoms with E-state index in [1.807, 2.05) is 35.2 Å². The minimum atomic E-state index is -1.22. The molecule has 1 aliphatic heterocycles. The van der Waals surface area contributed by atoms with Gasteiger partial charge in [-0.25, -0.2) is 9.18 Å². The third kappa shape index (κ3) is 6.20. The minimum absolute atomic E-state index is 0.0293. The molecule has 0 N–H and O–H groups in total. The van der Waals surface area contributed by atoms with E-state index in [2.05, 4.69) is 13.8 Å². The van der Waals surface area contributed by atoms with Gasteiger partial charge in [-0.3, -0.25) is 9.69 Å². The first kappa shape index (κ1) is 23.6. The highest BCUT2D eigenvalue weighted by Crippen LogP contribution is 2.38. The van der Waals surface area contributed by atoms with E-state index in [0.717, 1.165) is 31.2 Å². The Morgan fingerprint density at radius 2 is 1.77 bits per heavy atom. The standard InChI is InChI=1S/C25H37FN2O3/c1-24(2,3)31-23(30)28-17-19(26)15-21(28)22(29)27(16-18-9-7-6-8-10-18)20-11-13-25(4,5)14-12-20/h6-10,19-21H,11-17H2,1-5H3/t19-,21-/m0/s1. The normalized spacial score (nSPS) is 24.1. The number of amides is 2.